The fraction of sp³-hybridized carbons (Fsp3) is 0.467. The van der Waals surface area contributed by atoms with Gasteiger partial charge in [-0.1, -0.05) is 19.9 Å². The second kappa shape index (κ2) is 7.21. The summed E-state index contributed by atoms with van der Waals surface area (Å²) in [5, 5.41) is 20.7. The third-order valence-electron chi connectivity index (χ3n) is 3.14. The van der Waals surface area contributed by atoms with Crippen molar-refractivity contribution in [1.82, 2.24) is 15.6 Å². The van der Waals surface area contributed by atoms with Gasteiger partial charge >= 0.3 is 6.03 Å². The number of rotatable bonds is 6. The fourth-order valence-electron chi connectivity index (χ4n) is 1.83. The molecule has 0 spiro atoms. The number of nitrogens with zero attached hydrogens (tertiary/aromatic N) is 1. The molecule has 22 heavy (non-hydrogen) atoms. The molecular formula is C15H21N3O2S2. The average molecular weight is 339 g/mol. The van der Waals surface area contributed by atoms with E-state index in [0.29, 0.717) is 12.5 Å². The minimum Gasteiger partial charge on any atom is -0.383 e. The first kappa shape index (κ1) is 16.9. The first-order valence-electron chi connectivity index (χ1n) is 7.11. The van der Waals surface area contributed by atoms with E-state index in [1.807, 2.05) is 22.9 Å². The predicted molar refractivity (Wildman–Crippen MR) is 90.3 cm³/mol. The normalized spacial score (nSPS) is 13.9. The van der Waals surface area contributed by atoms with E-state index in [2.05, 4.69) is 29.5 Å². The number of aromatic nitrogens is 1. The van der Waals surface area contributed by atoms with E-state index in [1.54, 1.807) is 18.3 Å². The summed E-state index contributed by atoms with van der Waals surface area (Å²) >= 11 is 3.07. The first-order chi connectivity index (χ1) is 10.4. The molecule has 3 N–H and O–H groups in total. The lowest BCUT2D eigenvalue weighted by molar-refractivity contribution is 0.0631. The maximum absolute atomic E-state index is 11.8. The zero-order valence-corrected chi connectivity index (χ0v) is 14.6. The van der Waals surface area contributed by atoms with E-state index in [-0.39, 0.29) is 12.6 Å². The van der Waals surface area contributed by atoms with Crippen LogP contribution in [0.4, 0.5) is 4.79 Å². The number of thiophene rings is 1. The van der Waals surface area contributed by atoms with Crippen molar-refractivity contribution in [2.75, 3.05) is 6.54 Å². The summed E-state index contributed by atoms with van der Waals surface area (Å²) in [6, 6.07) is 3.42. The Bertz CT molecular complexity index is 606. The van der Waals surface area contributed by atoms with Gasteiger partial charge in [-0.15, -0.1) is 22.7 Å². The molecular weight excluding hydrogens is 318 g/mol. The van der Waals surface area contributed by atoms with Crippen LogP contribution in [0.5, 0.6) is 0 Å². The molecule has 0 saturated heterocycles. The molecule has 5 nitrogen and oxygen atoms in total. The van der Waals surface area contributed by atoms with Gasteiger partial charge in [0.25, 0.3) is 0 Å². The Morgan fingerprint density at radius 2 is 2.18 bits per heavy atom. The highest BCUT2D eigenvalue weighted by Crippen LogP contribution is 2.24. The van der Waals surface area contributed by atoms with Gasteiger partial charge in [-0.05, 0) is 18.4 Å². The molecule has 0 aliphatic rings. The van der Waals surface area contributed by atoms with E-state index in [9.17, 15) is 9.90 Å². The lowest BCUT2D eigenvalue weighted by atomic mass is 10.1. The maximum Gasteiger partial charge on any atom is 0.315 e. The Hall–Kier alpha value is -1.44. The molecule has 0 bridgehead atoms. The minimum atomic E-state index is -1.06. The summed E-state index contributed by atoms with van der Waals surface area (Å²) in [6.45, 7) is 6.42. The minimum absolute atomic E-state index is 0.160. The Morgan fingerprint density at radius 1 is 1.41 bits per heavy atom. The Labute approximate surface area is 138 Å². The Morgan fingerprint density at radius 3 is 2.77 bits per heavy atom. The topological polar surface area (TPSA) is 74.2 Å². The Kier molecular flexibility index (Phi) is 5.55. The van der Waals surface area contributed by atoms with Crippen molar-refractivity contribution in [3.63, 3.8) is 0 Å². The van der Waals surface area contributed by atoms with E-state index in [0.717, 1.165) is 15.6 Å². The highest BCUT2D eigenvalue weighted by atomic mass is 32.1. The molecule has 2 amide bonds. The van der Waals surface area contributed by atoms with Crippen molar-refractivity contribution in [1.29, 1.82) is 0 Å². The van der Waals surface area contributed by atoms with Gasteiger partial charge in [0.1, 0.15) is 5.60 Å². The second-order valence-corrected chi connectivity index (χ2v) is 7.46. The lowest BCUT2D eigenvalue weighted by Gasteiger charge is -2.22. The van der Waals surface area contributed by atoms with Crippen LogP contribution in [0.3, 0.4) is 0 Å². The summed E-state index contributed by atoms with van der Waals surface area (Å²) in [6.07, 6.45) is 0. The molecule has 120 valence electrons. The van der Waals surface area contributed by atoms with E-state index in [1.165, 1.54) is 11.3 Å². The molecule has 2 rings (SSSR count). The number of aliphatic hydroxyl groups is 1. The van der Waals surface area contributed by atoms with Crippen LogP contribution in [0.25, 0.3) is 0 Å². The van der Waals surface area contributed by atoms with Crippen molar-refractivity contribution in [3.8, 4) is 0 Å². The molecule has 0 saturated carbocycles. The average Bonchev–Trinajstić information content (AvgIpc) is 3.13. The van der Waals surface area contributed by atoms with Crippen LogP contribution in [0.15, 0.2) is 22.9 Å². The molecule has 2 aromatic heterocycles. The number of carbonyl (C=O) groups excluding carboxylic acids is 1. The second-order valence-electron chi connectivity index (χ2n) is 5.62. The van der Waals surface area contributed by atoms with Crippen molar-refractivity contribution in [2.45, 2.75) is 38.8 Å². The van der Waals surface area contributed by atoms with Crippen LogP contribution in [-0.4, -0.2) is 22.7 Å². The van der Waals surface area contributed by atoms with Crippen molar-refractivity contribution in [3.05, 3.63) is 38.5 Å². The van der Waals surface area contributed by atoms with Crippen molar-refractivity contribution < 1.29 is 9.90 Å². The molecule has 2 heterocycles. The van der Waals surface area contributed by atoms with Crippen LogP contribution in [0, 0.1) is 0 Å². The molecule has 0 unspecified atom stereocenters. The zero-order chi connectivity index (χ0) is 16.2. The van der Waals surface area contributed by atoms with Gasteiger partial charge in [0, 0.05) is 16.2 Å². The lowest BCUT2D eigenvalue weighted by Crippen LogP contribution is -2.42. The third kappa shape index (κ3) is 4.53. The SMILES string of the molecule is CC(C)c1nc(CNC(=O)NC[C@](C)(O)c2cccs2)cs1. The van der Waals surface area contributed by atoms with Gasteiger partial charge in [0.2, 0.25) is 0 Å². The predicted octanol–water partition coefficient (Wildman–Crippen LogP) is 3.03. The smallest absolute Gasteiger partial charge is 0.315 e. The summed E-state index contributed by atoms with van der Waals surface area (Å²) in [4.78, 5) is 17.1. The monoisotopic (exact) mass is 339 g/mol. The number of hydrogen-bond donors (Lipinski definition) is 3. The van der Waals surface area contributed by atoms with Crippen molar-refractivity contribution >= 4 is 28.7 Å². The maximum atomic E-state index is 11.8. The van der Waals surface area contributed by atoms with Crippen LogP contribution < -0.4 is 10.6 Å². The quantitative estimate of drug-likeness (QED) is 0.757. The summed E-state index contributed by atoms with van der Waals surface area (Å²) in [5.74, 6) is 0.397. The van der Waals surface area contributed by atoms with Gasteiger partial charge in [-0.25, -0.2) is 9.78 Å². The summed E-state index contributed by atoms with van der Waals surface area (Å²) in [7, 11) is 0. The first-order valence-corrected chi connectivity index (χ1v) is 8.87. The van der Waals surface area contributed by atoms with Gasteiger partial charge in [0.15, 0.2) is 0 Å². The van der Waals surface area contributed by atoms with E-state index in [4.69, 9.17) is 0 Å². The number of hydrogen-bond acceptors (Lipinski definition) is 5. The van der Waals surface area contributed by atoms with Crippen LogP contribution in [0.2, 0.25) is 0 Å². The van der Waals surface area contributed by atoms with Crippen LogP contribution in [-0.2, 0) is 12.1 Å². The molecule has 0 radical (unpaired) electrons. The highest BCUT2D eigenvalue weighted by Gasteiger charge is 2.24. The fourth-order valence-corrected chi connectivity index (χ4v) is 3.45. The number of nitrogens with one attached hydrogen (secondary N) is 2. The third-order valence-corrected chi connectivity index (χ3v) is 5.46. The van der Waals surface area contributed by atoms with E-state index < -0.39 is 5.60 Å². The summed E-state index contributed by atoms with van der Waals surface area (Å²) < 4.78 is 0. The molecule has 0 aliphatic heterocycles. The molecule has 1 atom stereocenters. The molecule has 0 aromatic carbocycles. The molecule has 0 aliphatic carbocycles. The number of thiazole rings is 1. The molecule has 7 heteroatoms. The number of amides is 2. The van der Waals surface area contributed by atoms with E-state index >= 15 is 0 Å². The number of urea groups is 1. The van der Waals surface area contributed by atoms with Crippen LogP contribution >= 0.6 is 22.7 Å². The largest absolute Gasteiger partial charge is 0.383 e. The van der Waals surface area contributed by atoms with Crippen molar-refractivity contribution in [2.24, 2.45) is 0 Å². The van der Waals surface area contributed by atoms with Gasteiger partial charge in [-0.3, -0.25) is 0 Å². The van der Waals surface area contributed by atoms with Crippen LogP contribution in [0.1, 0.15) is 42.3 Å². The number of carbonyl (C=O) groups is 1. The Balaban J connectivity index is 1.78. The molecule has 0 fully saturated rings. The van der Waals surface area contributed by atoms with Gasteiger partial charge in [0.05, 0.1) is 23.8 Å². The highest BCUT2D eigenvalue weighted by molar-refractivity contribution is 7.10. The summed E-state index contributed by atoms with van der Waals surface area (Å²) in [5.41, 5.74) is -0.203. The zero-order valence-electron chi connectivity index (χ0n) is 12.9. The standard InChI is InChI=1S/C15H21N3O2S2/c1-10(2)13-18-11(8-22-13)7-16-14(19)17-9-15(3,20)12-5-4-6-21-12/h4-6,8,10,20H,7,9H2,1-3H3,(H2,16,17,19)/t15-/m0/s1. The van der Waals surface area contributed by atoms with Gasteiger partial charge < -0.3 is 15.7 Å². The molecule has 2 aromatic rings. The van der Waals surface area contributed by atoms with Gasteiger partial charge in [-0.2, -0.15) is 0 Å².